The van der Waals surface area contributed by atoms with Crippen molar-refractivity contribution >= 4 is 41.7 Å². The van der Waals surface area contributed by atoms with Crippen molar-refractivity contribution < 1.29 is 14.6 Å². The van der Waals surface area contributed by atoms with Crippen molar-refractivity contribution in [3.05, 3.63) is 71.9 Å². The summed E-state index contributed by atoms with van der Waals surface area (Å²) in [6, 6.07) is 11.8. The van der Waals surface area contributed by atoms with Crippen LogP contribution in [0, 0.1) is 0 Å². The van der Waals surface area contributed by atoms with E-state index in [4.69, 9.17) is 4.74 Å². The van der Waals surface area contributed by atoms with Gasteiger partial charge in [0.1, 0.15) is 5.75 Å². The highest BCUT2D eigenvalue weighted by Gasteiger charge is 2.28. The molecule has 9 heteroatoms. The fourth-order valence-electron chi connectivity index (χ4n) is 4.18. The zero-order chi connectivity index (χ0) is 22.8. The molecule has 34 heavy (non-hydrogen) atoms. The Morgan fingerprint density at radius 1 is 1.18 bits per heavy atom. The van der Waals surface area contributed by atoms with Crippen LogP contribution in [0.5, 0.6) is 5.75 Å². The lowest BCUT2D eigenvalue weighted by molar-refractivity contribution is 0.0527. The largest absolute Gasteiger partial charge is 0.507 e. The van der Waals surface area contributed by atoms with E-state index in [1.54, 1.807) is 19.4 Å². The summed E-state index contributed by atoms with van der Waals surface area (Å²) < 4.78 is 9.39. The molecule has 0 saturated heterocycles. The summed E-state index contributed by atoms with van der Waals surface area (Å²) in [7, 11) is 5.84. The Balaban J connectivity index is 0.00000204. The Labute approximate surface area is 211 Å². The first-order valence-corrected chi connectivity index (χ1v) is 10.6. The molecule has 0 radical (unpaired) electrons. The smallest absolute Gasteiger partial charge is 0.340 e. The van der Waals surface area contributed by atoms with Crippen LogP contribution in [0.25, 0.3) is 22.0 Å². The standard InChI is InChI=1S/C25H28N4O3.2ClH/c1-5-32-25(31)23-21(15-29-12-11-26-16-29)28(4)20-13-18(17-9-7-6-8-10-17)24(30)19(22(20)23)14-27(2)3;;/h6-13,16,30H,5,14-15H2,1-4H3;2*1H. The van der Waals surface area contributed by atoms with E-state index in [9.17, 15) is 9.90 Å². The van der Waals surface area contributed by atoms with Gasteiger partial charge in [0, 0.05) is 42.5 Å². The molecule has 0 aliphatic rings. The van der Waals surface area contributed by atoms with Crippen molar-refractivity contribution in [3.63, 3.8) is 0 Å². The number of aromatic nitrogens is 3. The molecule has 1 N–H and O–H groups in total. The number of rotatable bonds is 7. The van der Waals surface area contributed by atoms with Gasteiger partial charge < -0.3 is 23.9 Å². The monoisotopic (exact) mass is 504 g/mol. The van der Waals surface area contributed by atoms with Crippen LogP contribution in [0.3, 0.4) is 0 Å². The van der Waals surface area contributed by atoms with Gasteiger partial charge in [-0.05, 0) is 32.6 Å². The number of aryl methyl sites for hydroxylation is 1. The first-order valence-electron chi connectivity index (χ1n) is 10.6. The minimum Gasteiger partial charge on any atom is -0.507 e. The maximum absolute atomic E-state index is 13.2. The fraction of sp³-hybridized carbons (Fsp3) is 0.280. The summed E-state index contributed by atoms with van der Waals surface area (Å²) in [5.74, 6) is -0.206. The molecule has 2 heterocycles. The number of carbonyl (C=O) groups is 1. The third-order valence-corrected chi connectivity index (χ3v) is 5.61. The number of imidazole rings is 1. The number of hydrogen-bond donors (Lipinski definition) is 1. The van der Waals surface area contributed by atoms with Gasteiger partial charge in [0.2, 0.25) is 0 Å². The summed E-state index contributed by atoms with van der Waals surface area (Å²) >= 11 is 0. The van der Waals surface area contributed by atoms with E-state index in [1.165, 1.54) is 0 Å². The van der Waals surface area contributed by atoms with Crippen LogP contribution in [0.2, 0.25) is 0 Å². The van der Waals surface area contributed by atoms with E-state index >= 15 is 0 Å². The van der Waals surface area contributed by atoms with E-state index in [0.29, 0.717) is 24.2 Å². The third-order valence-electron chi connectivity index (χ3n) is 5.61. The van der Waals surface area contributed by atoms with Gasteiger partial charge in [-0.15, -0.1) is 24.8 Å². The summed E-state index contributed by atoms with van der Waals surface area (Å²) in [6.07, 6.45) is 5.30. The Bertz CT molecular complexity index is 1250. The number of phenolic OH excluding ortho intramolecular Hbond substituents is 1. The lowest BCUT2D eigenvalue weighted by Crippen LogP contribution is -2.14. The number of carbonyl (C=O) groups excluding carboxylic acids is 1. The molecule has 0 atom stereocenters. The highest BCUT2D eigenvalue weighted by molar-refractivity contribution is 6.09. The molecule has 2 aromatic heterocycles. The fourth-order valence-corrected chi connectivity index (χ4v) is 4.18. The summed E-state index contributed by atoms with van der Waals surface area (Å²) in [5.41, 5.74) is 4.53. The van der Waals surface area contributed by atoms with Crippen molar-refractivity contribution in [1.29, 1.82) is 0 Å². The van der Waals surface area contributed by atoms with Crippen molar-refractivity contribution in [2.45, 2.75) is 20.0 Å². The quantitative estimate of drug-likeness (QED) is 0.363. The number of nitrogens with zero attached hydrogens (tertiary/aromatic N) is 4. The minimum atomic E-state index is -0.389. The Morgan fingerprint density at radius 3 is 2.47 bits per heavy atom. The van der Waals surface area contributed by atoms with E-state index in [0.717, 1.165) is 27.7 Å². The highest BCUT2D eigenvalue weighted by atomic mass is 35.5. The van der Waals surface area contributed by atoms with E-state index < -0.39 is 0 Å². The van der Waals surface area contributed by atoms with Gasteiger partial charge in [-0.25, -0.2) is 9.78 Å². The molecule has 0 amide bonds. The van der Waals surface area contributed by atoms with Gasteiger partial charge in [0.25, 0.3) is 0 Å². The Hall–Kier alpha value is -3.00. The van der Waals surface area contributed by atoms with Crippen LogP contribution in [-0.2, 0) is 24.9 Å². The first-order chi connectivity index (χ1) is 15.4. The molecule has 4 aromatic rings. The molecule has 0 aliphatic carbocycles. The molecule has 0 bridgehead atoms. The van der Waals surface area contributed by atoms with Gasteiger partial charge in [-0.1, -0.05) is 30.3 Å². The molecular formula is C25H30Cl2N4O3. The predicted octanol–water partition coefficient (Wildman–Crippen LogP) is 4.88. The number of phenols is 1. The second kappa shape index (κ2) is 11.4. The molecular weight excluding hydrogens is 475 g/mol. The summed E-state index contributed by atoms with van der Waals surface area (Å²) in [4.78, 5) is 19.3. The van der Waals surface area contributed by atoms with Gasteiger partial charge in [-0.3, -0.25) is 0 Å². The minimum absolute atomic E-state index is 0. The van der Waals surface area contributed by atoms with Crippen LogP contribution in [0.15, 0.2) is 55.1 Å². The van der Waals surface area contributed by atoms with Crippen molar-refractivity contribution in [2.75, 3.05) is 20.7 Å². The average Bonchev–Trinajstić information content (AvgIpc) is 3.38. The molecule has 0 unspecified atom stereocenters. The predicted molar refractivity (Wildman–Crippen MR) is 139 cm³/mol. The number of esters is 1. The molecule has 0 spiro atoms. The van der Waals surface area contributed by atoms with Gasteiger partial charge in [-0.2, -0.15) is 0 Å². The number of fused-ring (bicyclic) bond motifs is 1. The number of hydrogen-bond acceptors (Lipinski definition) is 5. The maximum atomic E-state index is 13.2. The normalized spacial score (nSPS) is 10.7. The van der Waals surface area contributed by atoms with Crippen molar-refractivity contribution in [1.82, 2.24) is 19.0 Å². The number of halogens is 2. The molecule has 0 saturated carbocycles. The number of ether oxygens (including phenoxy) is 1. The van der Waals surface area contributed by atoms with Gasteiger partial charge in [0.15, 0.2) is 0 Å². The molecule has 0 aliphatic heterocycles. The van der Waals surface area contributed by atoms with Crippen molar-refractivity contribution in [2.24, 2.45) is 7.05 Å². The van der Waals surface area contributed by atoms with E-state index in [-0.39, 0.29) is 43.1 Å². The Kier molecular flexibility index (Phi) is 9.15. The topological polar surface area (TPSA) is 72.5 Å². The maximum Gasteiger partial charge on any atom is 0.340 e. The number of aromatic hydroxyl groups is 1. The van der Waals surface area contributed by atoms with Crippen molar-refractivity contribution in [3.8, 4) is 16.9 Å². The molecule has 182 valence electrons. The third kappa shape index (κ3) is 5.06. The van der Waals surface area contributed by atoms with Gasteiger partial charge >= 0.3 is 5.97 Å². The zero-order valence-corrected chi connectivity index (χ0v) is 21.3. The lowest BCUT2D eigenvalue weighted by atomic mass is 9.96. The number of benzene rings is 2. The lowest BCUT2D eigenvalue weighted by Gasteiger charge is -2.17. The molecule has 2 aromatic carbocycles. The van der Waals surface area contributed by atoms with E-state index in [1.807, 2.05) is 77.8 Å². The molecule has 0 fully saturated rings. The van der Waals surface area contributed by atoms with E-state index in [2.05, 4.69) is 4.98 Å². The first kappa shape index (κ1) is 27.2. The SMILES string of the molecule is CCOC(=O)c1c(Cn2ccnc2)n(C)c2cc(-c3ccccc3)c(O)c(CN(C)C)c12.Cl.Cl. The van der Waals surface area contributed by atoms with Crippen LogP contribution < -0.4 is 0 Å². The molecule has 4 rings (SSSR count). The second-order valence-electron chi connectivity index (χ2n) is 8.09. The summed E-state index contributed by atoms with van der Waals surface area (Å²) in [5, 5.41) is 12.1. The molecule has 7 nitrogen and oxygen atoms in total. The zero-order valence-electron chi connectivity index (χ0n) is 19.7. The van der Waals surface area contributed by atoms with Crippen LogP contribution >= 0.6 is 24.8 Å². The van der Waals surface area contributed by atoms with Crippen LogP contribution in [-0.4, -0.2) is 50.8 Å². The van der Waals surface area contributed by atoms with Crippen LogP contribution in [0.4, 0.5) is 0 Å². The average molecular weight is 505 g/mol. The second-order valence-corrected chi connectivity index (χ2v) is 8.09. The summed E-state index contributed by atoms with van der Waals surface area (Å²) in [6.45, 7) is 3.01. The highest BCUT2D eigenvalue weighted by Crippen LogP contribution is 2.41. The van der Waals surface area contributed by atoms with Gasteiger partial charge in [0.05, 0.1) is 36.3 Å². The van der Waals surface area contributed by atoms with Crippen LogP contribution in [0.1, 0.15) is 28.5 Å². The Morgan fingerprint density at radius 2 is 1.88 bits per heavy atom.